The van der Waals surface area contributed by atoms with E-state index in [-0.39, 0.29) is 6.04 Å². The predicted octanol–water partition coefficient (Wildman–Crippen LogP) is 3.82. The van der Waals surface area contributed by atoms with Gasteiger partial charge in [-0.05, 0) is 36.6 Å². The number of para-hydroxylation sites is 1. The van der Waals surface area contributed by atoms with Gasteiger partial charge in [0.2, 0.25) is 0 Å². The minimum absolute atomic E-state index is 0.169. The number of rotatable bonds is 6. The summed E-state index contributed by atoms with van der Waals surface area (Å²) in [5.41, 5.74) is 8.34. The molecule has 2 N–H and O–H groups in total. The van der Waals surface area contributed by atoms with E-state index < -0.39 is 0 Å². The molecule has 0 saturated heterocycles. The zero-order valence-electron chi connectivity index (χ0n) is 13.0. The molecule has 0 spiro atoms. The molecule has 1 unspecified atom stereocenters. The number of hydrogen-bond acceptors (Lipinski definition) is 3. The zero-order chi connectivity index (χ0) is 15.2. The van der Waals surface area contributed by atoms with Crippen molar-refractivity contribution in [2.45, 2.75) is 25.8 Å². The zero-order valence-corrected chi connectivity index (χ0v) is 13.0. The van der Waals surface area contributed by atoms with Crippen molar-refractivity contribution in [1.29, 1.82) is 0 Å². The Bertz CT molecular complexity index is 581. The maximum atomic E-state index is 6.07. The van der Waals surface area contributed by atoms with Crippen LogP contribution in [0.15, 0.2) is 48.5 Å². The molecule has 0 heterocycles. The fourth-order valence-electron chi connectivity index (χ4n) is 2.15. The first-order valence-corrected chi connectivity index (χ1v) is 7.39. The number of hydrogen-bond donors (Lipinski definition) is 1. The van der Waals surface area contributed by atoms with Gasteiger partial charge in [-0.3, -0.25) is 0 Å². The van der Waals surface area contributed by atoms with Crippen LogP contribution in [0.4, 0.5) is 5.69 Å². The van der Waals surface area contributed by atoms with Gasteiger partial charge in [0.1, 0.15) is 11.5 Å². The lowest BCUT2D eigenvalue weighted by Gasteiger charge is -2.16. The number of anilines is 1. The van der Waals surface area contributed by atoms with Crippen molar-refractivity contribution < 1.29 is 4.74 Å². The first kappa shape index (κ1) is 15.4. The van der Waals surface area contributed by atoms with Crippen LogP contribution in [0.1, 0.15) is 18.9 Å². The second-order valence-corrected chi connectivity index (χ2v) is 5.47. The van der Waals surface area contributed by atoms with Crippen LogP contribution in [-0.2, 0) is 6.42 Å². The van der Waals surface area contributed by atoms with Crippen LogP contribution in [0.3, 0.4) is 0 Å². The summed E-state index contributed by atoms with van der Waals surface area (Å²) in [6, 6.07) is 16.4. The Morgan fingerprint density at radius 3 is 2.57 bits per heavy atom. The summed E-state index contributed by atoms with van der Waals surface area (Å²) in [4.78, 5) is 2.06. The smallest absolute Gasteiger partial charge is 0.130 e. The average molecular weight is 284 g/mol. The Labute approximate surface area is 127 Å². The van der Waals surface area contributed by atoms with Crippen molar-refractivity contribution in [2.75, 3.05) is 19.0 Å². The second kappa shape index (κ2) is 7.14. The van der Waals surface area contributed by atoms with Gasteiger partial charge in [0, 0.05) is 31.9 Å². The minimum atomic E-state index is 0.169. The lowest BCUT2D eigenvalue weighted by atomic mass is 10.0. The van der Waals surface area contributed by atoms with Gasteiger partial charge < -0.3 is 15.4 Å². The first-order valence-electron chi connectivity index (χ1n) is 7.39. The molecule has 3 nitrogen and oxygen atoms in total. The van der Waals surface area contributed by atoms with Crippen LogP contribution < -0.4 is 15.4 Å². The van der Waals surface area contributed by atoms with E-state index in [2.05, 4.69) is 24.0 Å². The van der Waals surface area contributed by atoms with Crippen LogP contribution in [0.2, 0.25) is 0 Å². The molecule has 0 aromatic heterocycles. The van der Waals surface area contributed by atoms with E-state index in [4.69, 9.17) is 10.5 Å². The van der Waals surface area contributed by atoms with Gasteiger partial charge in [-0.2, -0.15) is 0 Å². The molecule has 0 bridgehead atoms. The molecule has 0 aliphatic carbocycles. The van der Waals surface area contributed by atoms with Gasteiger partial charge in [0.05, 0.1) is 0 Å². The highest BCUT2D eigenvalue weighted by Crippen LogP contribution is 2.28. The molecule has 2 rings (SSSR count). The molecule has 0 saturated carbocycles. The number of ether oxygens (including phenoxy) is 1. The summed E-state index contributed by atoms with van der Waals surface area (Å²) >= 11 is 0. The van der Waals surface area contributed by atoms with Crippen LogP contribution in [0.5, 0.6) is 11.5 Å². The monoisotopic (exact) mass is 284 g/mol. The van der Waals surface area contributed by atoms with E-state index in [1.165, 1.54) is 0 Å². The maximum Gasteiger partial charge on any atom is 0.130 e. The summed E-state index contributed by atoms with van der Waals surface area (Å²) in [5, 5.41) is 0. The van der Waals surface area contributed by atoms with Crippen LogP contribution in [-0.4, -0.2) is 20.1 Å². The van der Waals surface area contributed by atoms with Crippen LogP contribution >= 0.6 is 0 Å². The SMILES string of the molecule is CCC(N)Cc1ccccc1Oc1cccc(N(C)C)c1. The Balaban J connectivity index is 2.21. The summed E-state index contributed by atoms with van der Waals surface area (Å²) in [6.45, 7) is 2.11. The highest BCUT2D eigenvalue weighted by Gasteiger charge is 2.08. The third-order valence-electron chi connectivity index (χ3n) is 3.54. The predicted molar refractivity (Wildman–Crippen MR) is 89.3 cm³/mol. The Kier molecular flexibility index (Phi) is 5.23. The molecule has 0 aliphatic rings. The topological polar surface area (TPSA) is 38.5 Å². The third kappa shape index (κ3) is 4.23. The standard InChI is InChI=1S/C18H24N2O/c1-4-15(19)12-14-8-5-6-11-18(14)21-17-10-7-9-16(13-17)20(2)3/h5-11,13,15H,4,12,19H2,1-3H3. The van der Waals surface area contributed by atoms with Crippen molar-refractivity contribution >= 4 is 5.69 Å². The van der Waals surface area contributed by atoms with Gasteiger partial charge in [-0.15, -0.1) is 0 Å². The normalized spacial score (nSPS) is 12.0. The van der Waals surface area contributed by atoms with Gasteiger partial charge in [-0.25, -0.2) is 0 Å². The Morgan fingerprint density at radius 2 is 1.86 bits per heavy atom. The number of nitrogens with two attached hydrogens (primary N) is 1. The second-order valence-electron chi connectivity index (χ2n) is 5.47. The minimum Gasteiger partial charge on any atom is -0.457 e. The molecular weight excluding hydrogens is 260 g/mol. The van der Waals surface area contributed by atoms with Crippen molar-refractivity contribution in [3.8, 4) is 11.5 Å². The largest absolute Gasteiger partial charge is 0.457 e. The molecule has 0 radical (unpaired) electrons. The summed E-state index contributed by atoms with van der Waals surface area (Å²) in [5.74, 6) is 1.73. The molecule has 2 aromatic rings. The lowest BCUT2D eigenvalue weighted by molar-refractivity contribution is 0.472. The van der Waals surface area contributed by atoms with Crippen molar-refractivity contribution in [2.24, 2.45) is 5.73 Å². The molecule has 0 amide bonds. The van der Waals surface area contributed by atoms with E-state index >= 15 is 0 Å². The van der Waals surface area contributed by atoms with Crippen molar-refractivity contribution in [3.63, 3.8) is 0 Å². The molecule has 0 fully saturated rings. The molecule has 2 aromatic carbocycles. The average Bonchev–Trinajstić information content (AvgIpc) is 2.49. The number of nitrogens with zero attached hydrogens (tertiary/aromatic N) is 1. The quantitative estimate of drug-likeness (QED) is 0.876. The summed E-state index contributed by atoms with van der Waals surface area (Å²) < 4.78 is 6.06. The van der Waals surface area contributed by atoms with Crippen LogP contribution in [0, 0.1) is 0 Å². The molecule has 21 heavy (non-hydrogen) atoms. The highest BCUT2D eigenvalue weighted by atomic mass is 16.5. The van der Waals surface area contributed by atoms with E-state index in [0.717, 1.165) is 35.6 Å². The Hall–Kier alpha value is -2.00. The van der Waals surface area contributed by atoms with E-state index in [1.807, 2.05) is 50.5 Å². The van der Waals surface area contributed by atoms with Crippen molar-refractivity contribution in [3.05, 3.63) is 54.1 Å². The van der Waals surface area contributed by atoms with E-state index in [9.17, 15) is 0 Å². The fraction of sp³-hybridized carbons (Fsp3) is 0.333. The van der Waals surface area contributed by atoms with Gasteiger partial charge in [0.25, 0.3) is 0 Å². The van der Waals surface area contributed by atoms with Crippen LogP contribution in [0.25, 0.3) is 0 Å². The van der Waals surface area contributed by atoms with E-state index in [0.29, 0.717) is 0 Å². The lowest BCUT2D eigenvalue weighted by Crippen LogP contribution is -2.21. The first-order chi connectivity index (χ1) is 10.1. The third-order valence-corrected chi connectivity index (χ3v) is 3.54. The molecule has 0 aliphatic heterocycles. The molecule has 1 atom stereocenters. The molecular formula is C18H24N2O. The van der Waals surface area contributed by atoms with Gasteiger partial charge in [0.15, 0.2) is 0 Å². The summed E-state index contributed by atoms with van der Waals surface area (Å²) in [7, 11) is 4.04. The fourth-order valence-corrected chi connectivity index (χ4v) is 2.15. The number of benzene rings is 2. The highest BCUT2D eigenvalue weighted by molar-refractivity contribution is 5.50. The summed E-state index contributed by atoms with van der Waals surface area (Å²) in [6.07, 6.45) is 1.80. The maximum absolute atomic E-state index is 6.07. The Morgan fingerprint density at radius 1 is 1.10 bits per heavy atom. The van der Waals surface area contributed by atoms with Gasteiger partial charge >= 0.3 is 0 Å². The van der Waals surface area contributed by atoms with E-state index in [1.54, 1.807) is 0 Å². The molecule has 112 valence electrons. The van der Waals surface area contributed by atoms with Crippen molar-refractivity contribution in [1.82, 2.24) is 0 Å². The van der Waals surface area contributed by atoms with Gasteiger partial charge in [-0.1, -0.05) is 31.2 Å². The molecule has 3 heteroatoms.